The average Bonchev–Trinajstić information content (AvgIpc) is 1.62. The third-order valence-electron chi connectivity index (χ3n) is 30.6. The topological polar surface area (TPSA) is 106 Å². The van der Waals surface area contributed by atoms with Gasteiger partial charge in [-0.3, -0.25) is 26.9 Å². The van der Waals surface area contributed by atoms with Gasteiger partial charge in [-0.25, -0.2) is 9.97 Å². The Morgan fingerprint density at radius 1 is 0.223 bits per heavy atom. The van der Waals surface area contributed by atoms with E-state index in [1.54, 1.807) is 23.9 Å². The average molecular weight is 2010 g/mol. The number of para-hydroxylation sites is 4. The summed E-state index contributed by atoms with van der Waals surface area (Å²) in [6, 6.07) is 179. The molecule has 0 aliphatic heterocycles. The van der Waals surface area contributed by atoms with E-state index in [-0.39, 0.29) is 0 Å². The minimum atomic E-state index is -2.11. The number of rotatable bonds is 18. The van der Waals surface area contributed by atoms with Crippen LogP contribution < -0.4 is 77.8 Å². The van der Waals surface area contributed by atoms with Crippen molar-refractivity contribution in [2.24, 2.45) is 0 Å². The van der Waals surface area contributed by atoms with Crippen molar-refractivity contribution in [2.75, 3.05) is 0 Å². The molecule has 0 radical (unpaired) electrons. The van der Waals surface area contributed by atoms with Crippen LogP contribution in [0.5, 0.6) is 0 Å². The minimum Gasteiger partial charge on any atom is -0.447 e. The maximum Gasteiger partial charge on any atom is 0.306 e. The summed E-state index contributed by atoms with van der Waals surface area (Å²) >= 11 is 1.68. The molecule has 0 unspecified atom stereocenters. The molecule has 18 aromatic carbocycles. The lowest BCUT2D eigenvalue weighted by molar-refractivity contribution is 0.596. The Hall–Kier alpha value is -17.3. The number of hydrogen-bond acceptors (Lipinski definition) is 7. The van der Waals surface area contributed by atoms with E-state index in [0.29, 0.717) is 5.84 Å². The molecule has 0 bridgehead atoms. The van der Waals surface area contributed by atoms with Crippen molar-refractivity contribution in [1.29, 1.82) is 0 Å². The molecule has 0 aliphatic rings. The molecule has 0 fully saturated rings. The number of imidazole rings is 4. The van der Waals surface area contributed by atoms with Gasteiger partial charge in [-0.1, -0.05) is 433 Å². The lowest BCUT2D eigenvalue weighted by atomic mass is 10.2. The molecule has 0 amide bonds. The molecular formula is C130H105N9O3SSi5. The molecule has 18 heteroatoms. The standard InChI is InChI=1S/2C29H23NOSi.C28H23N3Si.C22H18N2OSi.C22H18N2SSi/c1-32(23-10-4-2-5-11-23,24-12-6-3-7-13-24)25-18-16-22(17-19-25)30-28-15-9-8-14-26(28)27-20-21-31-29(27)30;1-32(23-10-4-2-5-11-23,24-12-6-3-7-13-24)25-18-16-22(17-19-25)30-21-20-27-26-14-8-9-15-28(26)31-29(27)30;1-32(23-10-4-2-5-11-23,24-12-6-3-7-13-24)25-18-16-22(17-19-25)30-20-21-31-27-15-9-8-14-26(27)29-28(30)31;2*1-26(17-8-4-2-5-9-17,18-10-6-3-7-11-18)19-12-13-20-21(16-19)24-14-15-25-22(24)23-20/h3*2-21H,1H3;2*2-16H,1H3. The van der Waals surface area contributed by atoms with Gasteiger partial charge in [-0.15, -0.1) is 11.3 Å². The first-order valence-corrected chi connectivity index (χ1v) is 63.7. The Kier molecular flexibility index (Phi) is 24.9. The van der Waals surface area contributed by atoms with Crippen LogP contribution in [0.2, 0.25) is 32.7 Å². The van der Waals surface area contributed by atoms with Gasteiger partial charge in [0.15, 0.2) is 4.96 Å². The van der Waals surface area contributed by atoms with E-state index < -0.39 is 40.4 Å². The molecular weight excluding hydrogens is 1910 g/mol. The monoisotopic (exact) mass is 2010 g/mol. The zero-order valence-corrected chi connectivity index (χ0v) is 88.4. The normalized spacial score (nSPS) is 12.0. The summed E-state index contributed by atoms with van der Waals surface area (Å²) in [5.74, 6) is 1.57. The summed E-state index contributed by atoms with van der Waals surface area (Å²) in [6.07, 6.45) is 13.8. The van der Waals surface area contributed by atoms with Crippen molar-refractivity contribution in [1.82, 2.24) is 41.9 Å². The van der Waals surface area contributed by atoms with Crippen molar-refractivity contribution < 1.29 is 13.3 Å². The minimum absolute atomic E-state index is 0.639. The lowest BCUT2D eigenvalue weighted by Gasteiger charge is -2.29. The number of hydrogen-bond donors (Lipinski definition) is 0. The van der Waals surface area contributed by atoms with Gasteiger partial charge in [0.2, 0.25) is 17.2 Å². The van der Waals surface area contributed by atoms with Crippen molar-refractivity contribution >= 4 is 223 Å². The van der Waals surface area contributed by atoms with Crippen LogP contribution in [-0.2, 0) is 0 Å². The predicted octanol–water partition coefficient (Wildman–Crippen LogP) is 22.2. The van der Waals surface area contributed by atoms with Crippen LogP contribution in [0.15, 0.2) is 560 Å². The molecule has 0 N–H and O–H groups in total. The highest BCUT2D eigenvalue weighted by atomic mass is 32.1. The van der Waals surface area contributed by atoms with Crippen molar-refractivity contribution in [2.45, 2.75) is 32.7 Å². The highest BCUT2D eigenvalue weighted by molar-refractivity contribution is 7.15. The molecule has 0 saturated heterocycles. The zero-order chi connectivity index (χ0) is 99.8. The van der Waals surface area contributed by atoms with Gasteiger partial charge in [-0.05, 0) is 175 Å². The van der Waals surface area contributed by atoms with Gasteiger partial charge in [0.1, 0.15) is 52.2 Å². The molecule has 0 saturated carbocycles. The Morgan fingerprint density at radius 3 is 1.03 bits per heavy atom. The first-order valence-electron chi connectivity index (χ1n) is 50.3. The van der Waals surface area contributed by atoms with Crippen LogP contribution in [0.1, 0.15) is 0 Å². The Labute approximate surface area is 867 Å². The van der Waals surface area contributed by atoms with Gasteiger partial charge in [0.05, 0.1) is 44.9 Å². The number of aromatic nitrogens is 9. The quantitative estimate of drug-likeness (QED) is 0.0626. The molecule has 28 aromatic rings. The highest BCUT2D eigenvalue weighted by Gasteiger charge is 2.40. The first-order chi connectivity index (χ1) is 72.8. The Bertz CT molecular complexity index is 8840. The maximum absolute atomic E-state index is 6.19. The van der Waals surface area contributed by atoms with E-state index in [1.807, 2.05) is 28.8 Å². The van der Waals surface area contributed by atoms with Gasteiger partial charge in [0.25, 0.3) is 0 Å². The molecule has 0 atom stereocenters. The van der Waals surface area contributed by atoms with Gasteiger partial charge in [-0.2, -0.15) is 4.98 Å². The number of furan rings is 2. The Balaban J connectivity index is 0.0000000991. The SMILES string of the molecule is C[Si](c1ccccc1)(c1ccccc1)c1ccc(-n2c3ccccc3c3ccoc32)cc1.C[Si](c1ccccc1)(c1ccccc1)c1ccc(-n2ccc3c4ccccc4oc32)cc1.C[Si](c1ccccc1)(c1ccccc1)c1ccc(-n2ccn3c4ccccc4nc23)cc1.C[Si](c1ccccc1)(c1ccccc1)c1ccc2nc3occn3c2c1.C[Si](c1ccccc1)(c1ccccc1)c1ccc2nc3sccn3c2c1. The zero-order valence-electron chi connectivity index (χ0n) is 82.6. The molecule has 0 aliphatic carbocycles. The van der Waals surface area contributed by atoms with Crippen LogP contribution in [0.3, 0.4) is 0 Å². The molecule has 0 spiro atoms. The maximum atomic E-state index is 6.19. The molecule has 28 rings (SSSR count). The fraction of sp³-hybridized carbons (Fsp3) is 0.0385. The second-order valence-electron chi connectivity index (χ2n) is 38.6. The summed E-state index contributed by atoms with van der Waals surface area (Å²) in [6.45, 7) is 12.2. The fourth-order valence-corrected chi connectivity index (χ4v) is 40.6. The van der Waals surface area contributed by atoms with Gasteiger partial charge in [0, 0.05) is 75.0 Å². The molecule has 148 heavy (non-hydrogen) atoms. The molecule has 12 nitrogen and oxygen atoms in total. The van der Waals surface area contributed by atoms with Crippen LogP contribution in [0.25, 0.3) is 111 Å². The van der Waals surface area contributed by atoms with Gasteiger partial charge >= 0.3 is 5.84 Å². The number of benzene rings is 18. The van der Waals surface area contributed by atoms with Crippen LogP contribution in [0, 0.1) is 0 Å². The van der Waals surface area contributed by atoms with E-state index in [4.69, 9.17) is 23.2 Å². The third-order valence-corrected chi connectivity index (χ3v) is 53.6. The molecule has 10 heterocycles. The second-order valence-corrected chi connectivity index (χ2v) is 59.4. The van der Waals surface area contributed by atoms with E-state index in [0.717, 1.165) is 88.6 Å². The van der Waals surface area contributed by atoms with E-state index >= 15 is 0 Å². The number of nitrogens with zero attached hydrogens (tertiary/aromatic N) is 9. The summed E-state index contributed by atoms with van der Waals surface area (Å²) in [5, 5.41) is 27.9. The Morgan fingerprint density at radius 2 is 0.574 bits per heavy atom. The smallest absolute Gasteiger partial charge is 0.306 e. The summed E-state index contributed by atoms with van der Waals surface area (Å²) in [5.41, 5.74) is 13.7. The molecule has 714 valence electrons. The van der Waals surface area contributed by atoms with E-state index in [2.05, 4.69) is 570 Å². The van der Waals surface area contributed by atoms with Crippen molar-refractivity contribution in [3.05, 3.63) is 546 Å². The van der Waals surface area contributed by atoms with Gasteiger partial charge < -0.3 is 13.3 Å². The largest absolute Gasteiger partial charge is 0.447 e. The lowest BCUT2D eigenvalue weighted by Crippen LogP contribution is -2.64. The predicted molar refractivity (Wildman–Crippen MR) is 631 cm³/mol. The van der Waals surface area contributed by atoms with Crippen LogP contribution in [0.4, 0.5) is 0 Å². The first kappa shape index (κ1) is 93.0. The fourth-order valence-electron chi connectivity index (χ4n) is 22.1. The number of oxazole rings is 1. The number of fused-ring (bicyclic) bond motifs is 15. The van der Waals surface area contributed by atoms with Crippen molar-refractivity contribution in [3.63, 3.8) is 0 Å². The van der Waals surface area contributed by atoms with Crippen LogP contribution >= 0.6 is 11.3 Å². The summed E-state index contributed by atoms with van der Waals surface area (Å²) in [7, 11) is -10.5. The molecule has 10 aromatic heterocycles. The highest BCUT2D eigenvalue weighted by Crippen LogP contribution is 2.35. The van der Waals surface area contributed by atoms with E-state index in [1.165, 1.54) is 94.2 Å². The number of thiazole rings is 1. The summed E-state index contributed by atoms with van der Waals surface area (Å²) < 4.78 is 30.4. The third kappa shape index (κ3) is 16.8. The van der Waals surface area contributed by atoms with Crippen LogP contribution in [-0.4, -0.2) is 82.2 Å². The van der Waals surface area contributed by atoms with Crippen molar-refractivity contribution in [3.8, 4) is 17.1 Å². The summed E-state index contributed by atoms with van der Waals surface area (Å²) in [4.78, 5) is 15.2. The van der Waals surface area contributed by atoms with E-state index in [9.17, 15) is 0 Å². The second kappa shape index (κ2) is 39.6.